The second-order valence-corrected chi connectivity index (χ2v) is 5.42. The van der Waals surface area contributed by atoms with E-state index in [4.69, 9.17) is 4.74 Å². The first-order valence-corrected chi connectivity index (χ1v) is 8.06. The van der Waals surface area contributed by atoms with Crippen LogP contribution in [0.25, 0.3) is 6.08 Å². The van der Waals surface area contributed by atoms with Gasteiger partial charge in [0.05, 0.1) is 6.61 Å². The molecule has 0 fully saturated rings. The van der Waals surface area contributed by atoms with E-state index in [0.717, 1.165) is 16.9 Å². The van der Waals surface area contributed by atoms with Crippen LogP contribution in [0.4, 0.5) is 0 Å². The number of hydrogen-bond donors (Lipinski definition) is 2. The van der Waals surface area contributed by atoms with Crippen LogP contribution >= 0.6 is 0 Å². The first-order chi connectivity index (χ1) is 12.1. The summed E-state index contributed by atoms with van der Waals surface area (Å²) < 4.78 is 5.35. The van der Waals surface area contributed by atoms with Gasteiger partial charge in [-0.25, -0.2) is 4.79 Å². The lowest BCUT2D eigenvalue weighted by Crippen LogP contribution is -2.41. The Morgan fingerprint density at radius 1 is 1.12 bits per heavy atom. The van der Waals surface area contributed by atoms with Crippen molar-refractivity contribution in [3.63, 3.8) is 0 Å². The zero-order chi connectivity index (χ0) is 18.1. The molecule has 0 unspecified atom stereocenters. The third kappa shape index (κ3) is 6.14. The predicted octanol–water partition coefficient (Wildman–Crippen LogP) is 2.91. The molecule has 5 nitrogen and oxygen atoms in total. The number of nitrogens with one attached hydrogen (secondary N) is 1. The van der Waals surface area contributed by atoms with Crippen LogP contribution in [0.3, 0.4) is 0 Å². The lowest BCUT2D eigenvalue weighted by Gasteiger charge is -2.13. The highest BCUT2D eigenvalue weighted by atomic mass is 16.5. The van der Waals surface area contributed by atoms with E-state index in [2.05, 4.69) is 5.32 Å². The van der Waals surface area contributed by atoms with E-state index in [1.165, 1.54) is 6.08 Å². The summed E-state index contributed by atoms with van der Waals surface area (Å²) >= 11 is 0. The van der Waals surface area contributed by atoms with E-state index in [0.29, 0.717) is 6.61 Å². The fourth-order valence-electron chi connectivity index (χ4n) is 2.28. The van der Waals surface area contributed by atoms with Gasteiger partial charge in [-0.1, -0.05) is 42.5 Å². The van der Waals surface area contributed by atoms with Gasteiger partial charge in [0.1, 0.15) is 11.8 Å². The van der Waals surface area contributed by atoms with Gasteiger partial charge in [0, 0.05) is 12.5 Å². The molecule has 0 aliphatic carbocycles. The van der Waals surface area contributed by atoms with Gasteiger partial charge in [0.25, 0.3) is 0 Å². The summed E-state index contributed by atoms with van der Waals surface area (Å²) in [5, 5.41) is 11.8. The molecule has 0 aromatic heterocycles. The summed E-state index contributed by atoms with van der Waals surface area (Å²) in [5.41, 5.74) is 1.68. The summed E-state index contributed by atoms with van der Waals surface area (Å²) in [6.45, 7) is 2.50. The molecule has 2 N–H and O–H groups in total. The number of amides is 1. The number of benzene rings is 2. The topological polar surface area (TPSA) is 75.6 Å². The van der Waals surface area contributed by atoms with Crippen LogP contribution in [0.1, 0.15) is 18.1 Å². The van der Waals surface area contributed by atoms with Gasteiger partial charge in [-0.3, -0.25) is 4.79 Å². The van der Waals surface area contributed by atoms with Crippen LogP contribution in [-0.4, -0.2) is 29.6 Å². The Labute approximate surface area is 146 Å². The predicted molar refractivity (Wildman–Crippen MR) is 96.4 cm³/mol. The maximum atomic E-state index is 12.0. The van der Waals surface area contributed by atoms with Gasteiger partial charge >= 0.3 is 5.97 Å². The summed E-state index contributed by atoms with van der Waals surface area (Å²) in [7, 11) is 0. The highest BCUT2D eigenvalue weighted by Gasteiger charge is 2.19. The molecule has 0 saturated heterocycles. The van der Waals surface area contributed by atoms with E-state index in [1.54, 1.807) is 6.08 Å². The molecule has 5 heteroatoms. The minimum absolute atomic E-state index is 0.235. The number of carboxylic acids is 1. The molecule has 0 bridgehead atoms. The Kier molecular flexibility index (Phi) is 6.77. The lowest BCUT2D eigenvalue weighted by atomic mass is 10.1. The van der Waals surface area contributed by atoms with Crippen LogP contribution in [0.15, 0.2) is 60.7 Å². The van der Waals surface area contributed by atoms with Crippen molar-refractivity contribution >= 4 is 18.0 Å². The smallest absolute Gasteiger partial charge is 0.326 e. The monoisotopic (exact) mass is 339 g/mol. The zero-order valence-corrected chi connectivity index (χ0v) is 14.0. The van der Waals surface area contributed by atoms with E-state index in [1.807, 2.05) is 61.5 Å². The zero-order valence-electron chi connectivity index (χ0n) is 14.0. The van der Waals surface area contributed by atoms with Crippen LogP contribution < -0.4 is 10.1 Å². The standard InChI is InChI=1S/C20H21NO4/c1-2-25-17-11-8-15(9-12-17)10-13-19(22)21-18(20(23)24)14-16-6-4-3-5-7-16/h3-13,18H,2,14H2,1H3,(H,21,22)(H,23,24)/b13-10+/t18-/m1/s1. The van der Waals surface area contributed by atoms with Crippen LogP contribution in [0.2, 0.25) is 0 Å². The molecule has 2 rings (SSSR count). The normalized spacial score (nSPS) is 11.9. The maximum Gasteiger partial charge on any atom is 0.326 e. The molecule has 0 spiro atoms. The third-order valence-corrected chi connectivity index (χ3v) is 3.52. The first kappa shape index (κ1) is 18.3. The van der Waals surface area contributed by atoms with Crippen molar-refractivity contribution in [1.82, 2.24) is 5.32 Å². The number of carbonyl (C=O) groups is 2. The van der Waals surface area contributed by atoms with E-state index in [9.17, 15) is 14.7 Å². The van der Waals surface area contributed by atoms with Crippen molar-refractivity contribution in [2.75, 3.05) is 6.61 Å². The van der Waals surface area contributed by atoms with Crippen molar-refractivity contribution in [3.05, 3.63) is 71.8 Å². The second kappa shape index (κ2) is 9.27. The largest absolute Gasteiger partial charge is 0.494 e. The number of rotatable bonds is 8. The molecule has 0 heterocycles. The minimum atomic E-state index is -1.06. The third-order valence-electron chi connectivity index (χ3n) is 3.52. The molecule has 2 aromatic rings. The summed E-state index contributed by atoms with van der Waals surface area (Å²) in [6.07, 6.45) is 3.20. The number of hydrogen-bond acceptors (Lipinski definition) is 3. The van der Waals surface area contributed by atoms with Gasteiger partial charge in [0.2, 0.25) is 5.91 Å². The van der Waals surface area contributed by atoms with Gasteiger partial charge in [0.15, 0.2) is 0 Å². The molecular formula is C20H21NO4. The Bertz CT molecular complexity index is 723. The summed E-state index contributed by atoms with van der Waals surface area (Å²) in [6, 6.07) is 15.5. The number of carboxylic acid groups (broad SMARTS) is 1. The average Bonchev–Trinajstić information content (AvgIpc) is 2.61. The summed E-state index contributed by atoms with van der Waals surface area (Å²) in [4.78, 5) is 23.4. The second-order valence-electron chi connectivity index (χ2n) is 5.42. The van der Waals surface area contributed by atoms with Gasteiger partial charge < -0.3 is 15.2 Å². The van der Waals surface area contributed by atoms with Crippen molar-refractivity contribution in [3.8, 4) is 5.75 Å². The molecule has 130 valence electrons. The molecule has 0 radical (unpaired) electrons. The highest BCUT2D eigenvalue weighted by Crippen LogP contribution is 2.13. The number of ether oxygens (including phenoxy) is 1. The highest BCUT2D eigenvalue weighted by molar-refractivity contribution is 5.94. The SMILES string of the molecule is CCOc1ccc(/C=C/C(=O)N[C@H](Cc2ccccc2)C(=O)O)cc1. The van der Waals surface area contributed by atoms with E-state index >= 15 is 0 Å². The van der Waals surface area contributed by atoms with Gasteiger partial charge in [-0.2, -0.15) is 0 Å². The van der Waals surface area contributed by atoms with Crippen LogP contribution in [0.5, 0.6) is 5.75 Å². The van der Waals surface area contributed by atoms with Crippen LogP contribution in [-0.2, 0) is 16.0 Å². The molecule has 1 amide bonds. The quantitative estimate of drug-likeness (QED) is 0.725. The fraction of sp³-hybridized carbons (Fsp3) is 0.200. The molecule has 25 heavy (non-hydrogen) atoms. The van der Waals surface area contributed by atoms with Gasteiger partial charge in [-0.05, 0) is 36.3 Å². The molecule has 2 aromatic carbocycles. The Hall–Kier alpha value is -3.08. The van der Waals surface area contributed by atoms with Gasteiger partial charge in [-0.15, -0.1) is 0 Å². The van der Waals surface area contributed by atoms with Crippen LogP contribution in [0, 0.1) is 0 Å². The first-order valence-electron chi connectivity index (χ1n) is 8.06. The molecule has 0 aliphatic rings. The van der Waals surface area contributed by atoms with Crippen molar-refractivity contribution in [2.24, 2.45) is 0 Å². The Morgan fingerprint density at radius 2 is 1.80 bits per heavy atom. The Balaban J connectivity index is 1.95. The molecule has 1 atom stereocenters. The average molecular weight is 339 g/mol. The van der Waals surface area contributed by atoms with E-state index < -0.39 is 17.9 Å². The molecular weight excluding hydrogens is 318 g/mol. The van der Waals surface area contributed by atoms with Crippen molar-refractivity contribution in [2.45, 2.75) is 19.4 Å². The fourth-order valence-corrected chi connectivity index (χ4v) is 2.28. The van der Waals surface area contributed by atoms with E-state index in [-0.39, 0.29) is 6.42 Å². The minimum Gasteiger partial charge on any atom is -0.494 e. The molecule has 0 aliphatic heterocycles. The maximum absolute atomic E-state index is 12.0. The molecule has 0 saturated carbocycles. The van der Waals surface area contributed by atoms with Crippen molar-refractivity contribution < 1.29 is 19.4 Å². The number of aliphatic carboxylic acids is 1. The lowest BCUT2D eigenvalue weighted by molar-refractivity contribution is -0.141. The summed E-state index contributed by atoms with van der Waals surface area (Å²) in [5.74, 6) is -0.748. The number of carbonyl (C=O) groups excluding carboxylic acids is 1. The Morgan fingerprint density at radius 3 is 2.40 bits per heavy atom. The van der Waals surface area contributed by atoms with Crippen molar-refractivity contribution in [1.29, 1.82) is 0 Å².